The van der Waals surface area contributed by atoms with Crippen molar-refractivity contribution in [2.75, 3.05) is 6.61 Å². The number of carbonyl (C=O) groups is 2. The van der Waals surface area contributed by atoms with E-state index >= 15 is 0 Å². The summed E-state index contributed by atoms with van der Waals surface area (Å²) in [6.45, 7) is 13.8. The van der Waals surface area contributed by atoms with Gasteiger partial charge in [0.1, 0.15) is 11.8 Å². The fraction of sp³-hybridized carbons (Fsp3) is 0.655. The molecule has 1 heterocycles. The third-order valence-corrected chi connectivity index (χ3v) is 10.1. The topological polar surface area (TPSA) is 109 Å². The summed E-state index contributed by atoms with van der Waals surface area (Å²) in [5.41, 5.74) is -0.754. The van der Waals surface area contributed by atoms with Crippen molar-refractivity contribution in [3.63, 3.8) is 0 Å². The number of aromatic nitrogens is 1. The van der Waals surface area contributed by atoms with Crippen LogP contribution >= 0.6 is 0 Å². The predicted molar refractivity (Wildman–Crippen MR) is 134 cm³/mol. The lowest BCUT2D eigenvalue weighted by atomic mass is 9.59. The van der Waals surface area contributed by atoms with E-state index < -0.39 is 41.7 Å². The Labute approximate surface area is 212 Å². The summed E-state index contributed by atoms with van der Waals surface area (Å²) in [4.78, 5) is 28.0. The van der Waals surface area contributed by atoms with Crippen LogP contribution in [-0.2, 0) is 16.1 Å². The number of nitrogens with zero attached hydrogens (tertiary/aromatic N) is 1. The number of carbonyl (C=O) groups excluding carboxylic acids is 2. The van der Waals surface area contributed by atoms with Gasteiger partial charge in [-0.25, -0.2) is 4.79 Å². The summed E-state index contributed by atoms with van der Waals surface area (Å²) in [6.07, 6.45) is 1.37. The molecule has 196 valence electrons. The van der Waals surface area contributed by atoms with Gasteiger partial charge in [0, 0.05) is 18.2 Å². The standard InChI is InChI=1S/C29H39NO6/c1-8-30-17(5)9-14(2)22(30)26(34)36-25-15(3)12-28-16(4)10-20-21(27(20,6)7)19(24(28)33)11-18(13-31)23(32)29(25,28)35/h9,11-12,16,19-21,23,25,31-32,35H,8,10,13H2,1-7H3/t16?,19-,20+,21-,23+,25-,28?,29-/m0/s1. The average molecular weight is 498 g/mol. The van der Waals surface area contributed by atoms with Gasteiger partial charge in [0.2, 0.25) is 0 Å². The number of aryl methyl sites for hydroxylation is 2. The molecule has 0 radical (unpaired) electrons. The number of Topliss-reactive ketones (excluding diaryl/α,β-unsaturated/α-hetero) is 1. The van der Waals surface area contributed by atoms with Gasteiger partial charge in [0.15, 0.2) is 17.5 Å². The molecule has 2 bridgehead atoms. The number of rotatable bonds is 4. The lowest BCUT2D eigenvalue weighted by Gasteiger charge is -2.48. The second-order valence-corrected chi connectivity index (χ2v) is 12.2. The first kappa shape index (κ1) is 25.4. The van der Waals surface area contributed by atoms with Crippen molar-refractivity contribution in [1.82, 2.24) is 4.57 Å². The van der Waals surface area contributed by atoms with Crippen LogP contribution in [0.3, 0.4) is 0 Å². The smallest absolute Gasteiger partial charge is 0.355 e. The Hall–Kier alpha value is -2.22. The number of allylic oxidation sites excluding steroid dienone is 1. The minimum absolute atomic E-state index is 0.0369. The third kappa shape index (κ3) is 2.91. The monoisotopic (exact) mass is 497 g/mol. The molecule has 2 saturated carbocycles. The van der Waals surface area contributed by atoms with Gasteiger partial charge in [-0.1, -0.05) is 32.9 Å². The van der Waals surface area contributed by atoms with Crippen molar-refractivity contribution >= 4 is 11.8 Å². The van der Waals surface area contributed by atoms with Crippen molar-refractivity contribution < 1.29 is 29.6 Å². The first-order chi connectivity index (χ1) is 16.8. The zero-order valence-corrected chi connectivity index (χ0v) is 22.3. The number of fused-ring (bicyclic) bond motifs is 3. The summed E-state index contributed by atoms with van der Waals surface area (Å²) < 4.78 is 7.90. The Balaban J connectivity index is 1.64. The van der Waals surface area contributed by atoms with Crippen molar-refractivity contribution in [3.05, 3.63) is 46.3 Å². The molecule has 7 nitrogen and oxygen atoms in total. The van der Waals surface area contributed by atoms with Crippen molar-refractivity contribution in [2.24, 2.45) is 34.5 Å². The fourth-order valence-electron chi connectivity index (χ4n) is 8.28. The van der Waals surface area contributed by atoms with Crippen molar-refractivity contribution in [3.8, 4) is 0 Å². The molecule has 1 aromatic rings. The zero-order chi connectivity index (χ0) is 26.5. The van der Waals surface area contributed by atoms with E-state index in [0.717, 1.165) is 17.7 Å². The zero-order valence-electron chi connectivity index (χ0n) is 22.3. The molecule has 36 heavy (non-hydrogen) atoms. The minimum Gasteiger partial charge on any atom is -0.450 e. The Morgan fingerprint density at radius 2 is 1.92 bits per heavy atom. The lowest BCUT2D eigenvalue weighted by Crippen LogP contribution is -2.65. The fourth-order valence-corrected chi connectivity index (χ4v) is 8.28. The molecule has 8 atom stereocenters. The number of ether oxygens (including phenoxy) is 1. The maximum Gasteiger partial charge on any atom is 0.355 e. The first-order valence-electron chi connectivity index (χ1n) is 13.1. The Bertz CT molecular complexity index is 1210. The Morgan fingerprint density at radius 3 is 2.53 bits per heavy atom. The van der Waals surface area contributed by atoms with Crippen LogP contribution in [0.1, 0.15) is 62.8 Å². The second kappa shape index (κ2) is 7.89. The molecular weight excluding hydrogens is 458 g/mol. The van der Waals surface area contributed by atoms with Gasteiger partial charge >= 0.3 is 5.97 Å². The predicted octanol–water partition coefficient (Wildman–Crippen LogP) is 3.12. The van der Waals surface area contributed by atoms with Gasteiger partial charge in [0.05, 0.1) is 12.0 Å². The Morgan fingerprint density at radius 1 is 1.25 bits per heavy atom. The number of hydrogen-bond donors (Lipinski definition) is 3. The largest absolute Gasteiger partial charge is 0.450 e. The molecule has 4 aliphatic rings. The molecule has 4 aliphatic carbocycles. The molecule has 5 rings (SSSR count). The van der Waals surface area contributed by atoms with E-state index in [2.05, 4.69) is 13.8 Å². The SMILES string of the molecule is CCn1c(C)cc(C)c1C(=O)O[C@H]1C(C)=CC23C(=O)[C@@H](C=C(CO)[C@@H](O)[C@]12O)[C@H]1[C@@H](CC3C)C1(C)C. The van der Waals surface area contributed by atoms with Crippen molar-refractivity contribution in [2.45, 2.75) is 79.2 Å². The van der Waals surface area contributed by atoms with E-state index in [4.69, 9.17) is 4.74 Å². The number of aliphatic hydroxyl groups is 3. The summed E-state index contributed by atoms with van der Waals surface area (Å²) in [7, 11) is 0. The lowest BCUT2D eigenvalue weighted by molar-refractivity contribution is -0.190. The highest BCUT2D eigenvalue weighted by atomic mass is 16.6. The molecule has 0 amide bonds. The molecule has 2 fully saturated rings. The first-order valence-corrected chi connectivity index (χ1v) is 13.1. The molecule has 1 spiro atoms. The van der Waals surface area contributed by atoms with Crippen LogP contribution in [-0.4, -0.2) is 56.1 Å². The average Bonchev–Trinajstić information content (AvgIpc) is 3.13. The van der Waals surface area contributed by atoms with Crippen molar-refractivity contribution in [1.29, 1.82) is 0 Å². The van der Waals surface area contributed by atoms with Crippen LogP contribution in [0.25, 0.3) is 0 Å². The molecule has 0 aliphatic heterocycles. The quantitative estimate of drug-likeness (QED) is 0.436. The molecule has 1 aromatic heterocycles. The van der Waals surface area contributed by atoms with E-state index in [0.29, 0.717) is 23.7 Å². The number of ketones is 1. The molecule has 7 heteroatoms. The number of aliphatic hydroxyl groups excluding tert-OH is 2. The highest BCUT2D eigenvalue weighted by molar-refractivity contribution is 5.96. The van der Waals surface area contributed by atoms with E-state index in [1.54, 1.807) is 19.1 Å². The van der Waals surface area contributed by atoms with E-state index in [-0.39, 0.29) is 28.6 Å². The second-order valence-electron chi connectivity index (χ2n) is 12.2. The molecule has 2 unspecified atom stereocenters. The normalized spacial score (nSPS) is 40.4. The highest BCUT2D eigenvalue weighted by Gasteiger charge is 2.76. The van der Waals surface area contributed by atoms with E-state index in [9.17, 15) is 24.9 Å². The maximum atomic E-state index is 14.4. The maximum absolute atomic E-state index is 14.4. The van der Waals surface area contributed by atoms with Crippen LogP contribution in [0.15, 0.2) is 29.4 Å². The van der Waals surface area contributed by atoms with Gasteiger partial charge in [-0.15, -0.1) is 0 Å². The third-order valence-electron chi connectivity index (χ3n) is 10.1. The van der Waals surface area contributed by atoms with Gasteiger partial charge in [-0.2, -0.15) is 0 Å². The summed E-state index contributed by atoms with van der Waals surface area (Å²) >= 11 is 0. The van der Waals surface area contributed by atoms with E-state index in [1.807, 2.05) is 38.3 Å². The van der Waals surface area contributed by atoms with Gasteiger partial charge in [-0.3, -0.25) is 4.79 Å². The van der Waals surface area contributed by atoms with Crippen LogP contribution < -0.4 is 0 Å². The number of esters is 1. The summed E-state index contributed by atoms with van der Waals surface area (Å²) in [5, 5.41) is 34.4. The highest BCUT2D eigenvalue weighted by Crippen LogP contribution is 2.71. The summed E-state index contributed by atoms with van der Waals surface area (Å²) in [6, 6.07) is 1.91. The van der Waals surface area contributed by atoms with E-state index in [1.165, 1.54) is 0 Å². The number of hydrogen-bond acceptors (Lipinski definition) is 6. The van der Waals surface area contributed by atoms with Gasteiger partial charge in [0.25, 0.3) is 0 Å². The van der Waals surface area contributed by atoms with Crippen LogP contribution in [0.5, 0.6) is 0 Å². The van der Waals surface area contributed by atoms with Gasteiger partial charge < -0.3 is 24.6 Å². The van der Waals surface area contributed by atoms with Crippen LogP contribution in [0.4, 0.5) is 0 Å². The molecule has 3 N–H and O–H groups in total. The Kier molecular flexibility index (Phi) is 5.57. The molecule has 0 aromatic carbocycles. The molecular formula is C29H39NO6. The van der Waals surface area contributed by atoms with Crippen LogP contribution in [0.2, 0.25) is 0 Å². The minimum atomic E-state index is -2.12. The summed E-state index contributed by atoms with van der Waals surface area (Å²) in [5.74, 6) is -1.20. The van der Waals surface area contributed by atoms with Gasteiger partial charge in [-0.05, 0) is 80.1 Å². The molecule has 0 saturated heterocycles. The van der Waals surface area contributed by atoms with Crippen LogP contribution in [0, 0.1) is 48.3 Å².